The molecule has 0 unspecified atom stereocenters. The number of hydrogen-bond donors (Lipinski definition) is 1. The van der Waals surface area contributed by atoms with Crippen molar-refractivity contribution in [1.82, 2.24) is 9.38 Å². The van der Waals surface area contributed by atoms with Gasteiger partial charge < -0.3 is 9.38 Å². The molecule has 0 bridgehead atoms. The Labute approximate surface area is 92.5 Å². The number of rotatable bonds is 1. The zero-order valence-electron chi connectivity index (χ0n) is 9.07. The molecule has 0 radical (unpaired) electrons. The third-order valence-electron chi connectivity index (χ3n) is 1.93. The number of imidazole rings is 1. The van der Waals surface area contributed by atoms with E-state index in [9.17, 15) is 4.79 Å². The molecule has 2 heterocycles. The number of pyridine rings is 1. The van der Waals surface area contributed by atoms with E-state index in [1.54, 1.807) is 17.8 Å². The van der Waals surface area contributed by atoms with E-state index in [1.165, 1.54) is 0 Å². The molecule has 0 saturated heterocycles. The van der Waals surface area contributed by atoms with Crippen molar-refractivity contribution < 1.29 is 0 Å². The molecule has 0 aliphatic rings. The Hall–Kier alpha value is -1.16. The van der Waals surface area contributed by atoms with Crippen LogP contribution in [0.4, 0.5) is 0 Å². The van der Waals surface area contributed by atoms with Crippen molar-refractivity contribution in [3.05, 3.63) is 34.9 Å². The van der Waals surface area contributed by atoms with Crippen molar-refractivity contribution in [1.29, 1.82) is 0 Å². The minimum Gasteiger partial charge on any atom is -0.346 e. The first-order valence-electron chi connectivity index (χ1n) is 4.84. The van der Waals surface area contributed by atoms with Crippen molar-refractivity contribution in [3.8, 4) is 0 Å². The second-order valence-corrected chi connectivity index (χ2v) is 6.34. The molecule has 0 saturated carbocycles. The monoisotopic (exact) mass is 222 g/mol. The quantitative estimate of drug-likeness (QED) is 0.753. The number of nitrogens with zero attached hydrogens (tertiary/aromatic N) is 1. The van der Waals surface area contributed by atoms with Crippen LogP contribution >= 0.6 is 11.8 Å². The van der Waals surface area contributed by atoms with Crippen LogP contribution in [0.1, 0.15) is 20.8 Å². The van der Waals surface area contributed by atoms with Crippen LogP contribution in [0, 0.1) is 0 Å². The van der Waals surface area contributed by atoms with Crippen LogP contribution in [0.15, 0.2) is 34.3 Å². The van der Waals surface area contributed by atoms with Gasteiger partial charge in [-0.15, -0.1) is 11.8 Å². The smallest absolute Gasteiger partial charge is 0.197 e. The van der Waals surface area contributed by atoms with Gasteiger partial charge in [-0.25, -0.2) is 0 Å². The third kappa shape index (κ3) is 2.26. The van der Waals surface area contributed by atoms with E-state index < -0.39 is 0 Å². The zero-order chi connectivity index (χ0) is 11.1. The first kappa shape index (κ1) is 10.4. The Morgan fingerprint density at radius 3 is 2.80 bits per heavy atom. The standard InChI is InChI=1S/C11H14N2OS/c1-11(2,3)15-9-7-13-5-4-12-10(13)6-8(9)14/h4-7,12H,1-3H3. The van der Waals surface area contributed by atoms with E-state index in [0.717, 1.165) is 10.5 Å². The number of H-pyrrole nitrogens is 1. The van der Waals surface area contributed by atoms with Gasteiger partial charge in [-0.3, -0.25) is 4.79 Å². The largest absolute Gasteiger partial charge is 0.346 e. The Morgan fingerprint density at radius 1 is 1.40 bits per heavy atom. The molecule has 0 aliphatic heterocycles. The molecule has 80 valence electrons. The highest BCUT2D eigenvalue weighted by molar-refractivity contribution is 8.00. The lowest BCUT2D eigenvalue weighted by molar-refractivity contribution is 0.801. The average Bonchev–Trinajstić information content (AvgIpc) is 2.49. The molecule has 4 heteroatoms. The van der Waals surface area contributed by atoms with E-state index >= 15 is 0 Å². The number of aromatic amines is 1. The third-order valence-corrected chi connectivity index (χ3v) is 3.07. The average molecular weight is 222 g/mol. The van der Waals surface area contributed by atoms with Crippen LogP contribution in [-0.4, -0.2) is 14.1 Å². The van der Waals surface area contributed by atoms with Crippen LogP contribution in [0.25, 0.3) is 5.65 Å². The SMILES string of the molecule is CC(C)(C)Sc1cn2cc[nH]c2cc1=O. The van der Waals surface area contributed by atoms with Gasteiger partial charge in [0.05, 0.1) is 4.90 Å². The molecule has 0 amide bonds. The van der Waals surface area contributed by atoms with E-state index in [2.05, 4.69) is 25.8 Å². The molecular formula is C11H14N2OS. The van der Waals surface area contributed by atoms with Crippen LogP contribution in [0.2, 0.25) is 0 Å². The Kier molecular flexibility index (Phi) is 2.38. The van der Waals surface area contributed by atoms with Gasteiger partial charge in [0.25, 0.3) is 0 Å². The summed E-state index contributed by atoms with van der Waals surface area (Å²) in [5.41, 5.74) is 0.913. The second kappa shape index (κ2) is 3.45. The summed E-state index contributed by atoms with van der Waals surface area (Å²) < 4.78 is 1.99. The summed E-state index contributed by atoms with van der Waals surface area (Å²) in [5, 5.41) is 0. The van der Waals surface area contributed by atoms with Gasteiger partial charge in [0.1, 0.15) is 5.65 Å². The van der Waals surface area contributed by atoms with Gasteiger partial charge in [0.15, 0.2) is 5.43 Å². The topological polar surface area (TPSA) is 37.3 Å². The summed E-state index contributed by atoms with van der Waals surface area (Å²) in [6.07, 6.45) is 5.60. The predicted octanol–water partition coefficient (Wildman–Crippen LogP) is 2.52. The highest BCUT2D eigenvalue weighted by Crippen LogP contribution is 2.29. The minimum atomic E-state index is 0.0592. The van der Waals surface area contributed by atoms with Crippen molar-refractivity contribution in [2.45, 2.75) is 30.4 Å². The molecule has 2 rings (SSSR count). The molecule has 0 aromatic carbocycles. The zero-order valence-corrected chi connectivity index (χ0v) is 9.89. The van der Waals surface area contributed by atoms with Crippen molar-refractivity contribution >= 4 is 17.4 Å². The lowest BCUT2D eigenvalue weighted by Crippen LogP contribution is -2.13. The van der Waals surface area contributed by atoms with Gasteiger partial charge in [0.2, 0.25) is 0 Å². The fourth-order valence-corrected chi connectivity index (χ4v) is 2.36. The summed E-state index contributed by atoms with van der Waals surface area (Å²) in [4.78, 5) is 15.6. The fourth-order valence-electron chi connectivity index (χ4n) is 1.38. The van der Waals surface area contributed by atoms with Gasteiger partial charge in [0, 0.05) is 29.4 Å². The summed E-state index contributed by atoms with van der Waals surface area (Å²) in [6, 6.07) is 1.63. The first-order chi connectivity index (χ1) is 6.96. The molecule has 1 N–H and O–H groups in total. The maximum Gasteiger partial charge on any atom is 0.197 e. The predicted molar refractivity (Wildman–Crippen MR) is 63.6 cm³/mol. The molecule has 0 spiro atoms. The number of hydrogen-bond acceptors (Lipinski definition) is 2. The van der Waals surface area contributed by atoms with E-state index in [1.807, 2.05) is 23.0 Å². The Balaban J connectivity index is 2.51. The molecule has 3 nitrogen and oxygen atoms in total. The molecular weight excluding hydrogens is 208 g/mol. The fraction of sp³-hybridized carbons (Fsp3) is 0.364. The van der Waals surface area contributed by atoms with Gasteiger partial charge in [-0.2, -0.15) is 0 Å². The van der Waals surface area contributed by atoms with Crippen LogP contribution in [0.5, 0.6) is 0 Å². The normalized spacial score (nSPS) is 12.2. The highest BCUT2D eigenvalue weighted by Gasteiger charge is 2.14. The van der Waals surface area contributed by atoms with Gasteiger partial charge in [-0.05, 0) is 0 Å². The Morgan fingerprint density at radius 2 is 2.13 bits per heavy atom. The molecule has 0 aliphatic carbocycles. The minimum absolute atomic E-state index is 0.0592. The van der Waals surface area contributed by atoms with E-state index in [4.69, 9.17) is 0 Å². The van der Waals surface area contributed by atoms with Gasteiger partial charge >= 0.3 is 0 Å². The number of nitrogens with one attached hydrogen (secondary N) is 1. The van der Waals surface area contributed by atoms with Crippen molar-refractivity contribution in [2.75, 3.05) is 0 Å². The number of fused-ring (bicyclic) bond motifs is 1. The first-order valence-corrected chi connectivity index (χ1v) is 5.66. The molecule has 0 fully saturated rings. The van der Waals surface area contributed by atoms with Crippen molar-refractivity contribution in [3.63, 3.8) is 0 Å². The van der Waals surface area contributed by atoms with Crippen LogP contribution in [0.3, 0.4) is 0 Å². The van der Waals surface area contributed by atoms with E-state index in [-0.39, 0.29) is 10.2 Å². The summed E-state index contributed by atoms with van der Waals surface area (Å²) in [5.74, 6) is 0. The lowest BCUT2D eigenvalue weighted by Gasteiger charge is -2.16. The summed E-state index contributed by atoms with van der Waals surface area (Å²) in [6.45, 7) is 6.30. The highest BCUT2D eigenvalue weighted by atomic mass is 32.2. The molecule has 2 aromatic rings. The molecule has 0 atom stereocenters. The molecule has 15 heavy (non-hydrogen) atoms. The Bertz CT molecular complexity index is 533. The summed E-state index contributed by atoms with van der Waals surface area (Å²) in [7, 11) is 0. The lowest BCUT2D eigenvalue weighted by atomic mass is 10.3. The maximum atomic E-state index is 11.8. The van der Waals surface area contributed by atoms with E-state index in [0.29, 0.717) is 0 Å². The number of aromatic nitrogens is 2. The van der Waals surface area contributed by atoms with Crippen LogP contribution in [-0.2, 0) is 0 Å². The second-order valence-electron chi connectivity index (χ2n) is 4.47. The van der Waals surface area contributed by atoms with Crippen LogP contribution < -0.4 is 5.43 Å². The molecule has 2 aromatic heterocycles. The summed E-state index contributed by atoms with van der Waals surface area (Å²) >= 11 is 1.60. The van der Waals surface area contributed by atoms with Gasteiger partial charge in [-0.1, -0.05) is 20.8 Å². The van der Waals surface area contributed by atoms with Crippen molar-refractivity contribution in [2.24, 2.45) is 0 Å². The number of thioether (sulfide) groups is 1. The maximum absolute atomic E-state index is 11.8.